The molecule has 0 atom stereocenters. The summed E-state index contributed by atoms with van der Waals surface area (Å²) in [7, 11) is 0. The second-order valence-electron chi connectivity index (χ2n) is 2.72. The number of thioether (sulfide) groups is 2. The summed E-state index contributed by atoms with van der Waals surface area (Å²) < 4.78 is 0. The molecular formula is C10H14N4S2. The quantitative estimate of drug-likeness (QED) is 0.194. The lowest BCUT2D eigenvalue weighted by atomic mass is 10.6. The summed E-state index contributed by atoms with van der Waals surface area (Å²) in [6.45, 7) is 7.32. The summed E-state index contributed by atoms with van der Waals surface area (Å²) in [5, 5.41) is 1.58. The van der Waals surface area contributed by atoms with Gasteiger partial charge in [-0.1, -0.05) is 23.9 Å². The maximum atomic E-state index is 5.35. The Bertz CT molecular complexity index is 338. The summed E-state index contributed by atoms with van der Waals surface area (Å²) in [4.78, 5) is 8.61. The summed E-state index contributed by atoms with van der Waals surface area (Å²) >= 11 is 3.12. The van der Waals surface area contributed by atoms with Gasteiger partial charge in [-0.05, 0) is 0 Å². The van der Waals surface area contributed by atoms with Crippen molar-refractivity contribution >= 4 is 29.3 Å². The third-order valence-corrected chi connectivity index (χ3v) is 3.26. The molecule has 3 N–H and O–H groups in total. The molecule has 0 spiro atoms. The highest BCUT2D eigenvalue weighted by Gasteiger charge is 2.04. The maximum absolute atomic E-state index is 5.35. The van der Waals surface area contributed by atoms with Gasteiger partial charge in [-0.3, -0.25) is 0 Å². The predicted molar refractivity (Wildman–Crippen MR) is 71.7 cm³/mol. The van der Waals surface area contributed by atoms with Gasteiger partial charge in [-0.25, -0.2) is 15.8 Å². The van der Waals surface area contributed by atoms with Gasteiger partial charge in [0.05, 0.1) is 0 Å². The number of nitrogens with two attached hydrogens (primary N) is 1. The molecule has 0 saturated carbocycles. The minimum atomic E-state index is 0.619. The van der Waals surface area contributed by atoms with Gasteiger partial charge < -0.3 is 5.43 Å². The van der Waals surface area contributed by atoms with Crippen LogP contribution in [0.5, 0.6) is 0 Å². The van der Waals surface area contributed by atoms with Crippen molar-refractivity contribution in [1.82, 2.24) is 9.97 Å². The van der Waals surface area contributed by atoms with Crippen LogP contribution >= 0.6 is 23.5 Å². The van der Waals surface area contributed by atoms with Crippen LogP contribution in [-0.4, -0.2) is 21.5 Å². The van der Waals surface area contributed by atoms with E-state index in [4.69, 9.17) is 5.84 Å². The van der Waals surface area contributed by atoms with Gasteiger partial charge in [-0.2, -0.15) is 0 Å². The number of nitrogens with one attached hydrogen (secondary N) is 1. The summed E-state index contributed by atoms with van der Waals surface area (Å²) in [6, 6.07) is 1.81. The monoisotopic (exact) mass is 254 g/mol. The van der Waals surface area contributed by atoms with E-state index in [-0.39, 0.29) is 0 Å². The highest BCUT2D eigenvalue weighted by molar-refractivity contribution is 8.00. The van der Waals surface area contributed by atoms with E-state index < -0.39 is 0 Å². The fourth-order valence-electron chi connectivity index (χ4n) is 0.894. The van der Waals surface area contributed by atoms with Gasteiger partial charge in [0.25, 0.3) is 0 Å². The van der Waals surface area contributed by atoms with E-state index in [0.717, 1.165) is 16.5 Å². The average molecular weight is 254 g/mol. The third kappa shape index (κ3) is 4.26. The maximum Gasteiger partial charge on any atom is 0.190 e. The lowest BCUT2D eigenvalue weighted by molar-refractivity contribution is 0.893. The molecule has 86 valence electrons. The average Bonchev–Trinajstić information content (AvgIpc) is 2.33. The number of nitrogens with zero attached hydrogens (tertiary/aromatic N) is 2. The molecule has 0 bridgehead atoms. The zero-order valence-corrected chi connectivity index (χ0v) is 10.5. The molecule has 1 aromatic heterocycles. The Kier molecular flexibility index (Phi) is 5.99. The van der Waals surface area contributed by atoms with Crippen LogP contribution in [0.15, 0.2) is 41.6 Å². The van der Waals surface area contributed by atoms with E-state index in [1.54, 1.807) is 11.8 Å². The number of anilines is 1. The highest BCUT2D eigenvalue weighted by atomic mass is 32.2. The normalized spacial score (nSPS) is 9.81. The van der Waals surface area contributed by atoms with Crippen LogP contribution in [0.2, 0.25) is 0 Å². The number of hydrogen-bond donors (Lipinski definition) is 2. The molecule has 0 unspecified atom stereocenters. The Labute approximate surface area is 104 Å². The Morgan fingerprint density at radius 3 is 2.56 bits per heavy atom. The van der Waals surface area contributed by atoms with E-state index >= 15 is 0 Å². The van der Waals surface area contributed by atoms with Crippen molar-refractivity contribution in [2.75, 3.05) is 16.9 Å². The summed E-state index contributed by atoms with van der Waals surface area (Å²) in [5.74, 6) is 7.55. The lowest BCUT2D eigenvalue weighted by Gasteiger charge is -2.05. The van der Waals surface area contributed by atoms with Crippen LogP contribution in [0.3, 0.4) is 0 Å². The van der Waals surface area contributed by atoms with E-state index in [1.165, 1.54) is 11.8 Å². The first kappa shape index (κ1) is 13.1. The van der Waals surface area contributed by atoms with Crippen LogP contribution in [-0.2, 0) is 0 Å². The molecule has 0 aliphatic heterocycles. The number of hydrazine groups is 1. The van der Waals surface area contributed by atoms with E-state index in [0.29, 0.717) is 11.0 Å². The SMILES string of the molecule is C=CCSc1cc(NN)nc(SCC=C)n1. The van der Waals surface area contributed by atoms with Crippen LogP contribution in [0.25, 0.3) is 0 Å². The number of aromatic nitrogens is 2. The van der Waals surface area contributed by atoms with Crippen molar-refractivity contribution < 1.29 is 0 Å². The molecule has 1 rings (SSSR count). The first-order valence-corrected chi connectivity index (χ1v) is 6.60. The summed E-state index contributed by atoms with van der Waals surface area (Å²) in [6.07, 6.45) is 3.64. The minimum absolute atomic E-state index is 0.619. The standard InChI is InChI=1S/C10H14N4S2/c1-3-5-15-9-7-8(14-11)12-10(13-9)16-6-4-2/h3-4,7H,1-2,5-6,11H2,(H,12,13,14). The van der Waals surface area contributed by atoms with Crippen LogP contribution < -0.4 is 11.3 Å². The number of rotatable bonds is 7. The zero-order valence-electron chi connectivity index (χ0n) is 8.85. The van der Waals surface area contributed by atoms with Crippen LogP contribution in [0, 0.1) is 0 Å². The van der Waals surface area contributed by atoms with Crippen molar-refractivity contribution in [1.29, 1.82) is 0 Å². The second-order valence-corrected chi connectivity index (χ2v) is 4.75. The highest BCUT2D eigenvalue weighted by Crippen LogP contribution is 2.22. The first-order chi connectivity index (χ1) is 7.80. The first-order valence-electron chi connectivity index (χ1n) is 4.63. The van der Waals surface area contributed by atoms with Crippen LogP contribution in [0.4, 0.5) is 5.82 Å². The molecule has 0 saturated heterocycles. The van der Waals surface area contributed by atoms with E-state index in [2.05, 4.69) is 28.6 Å². The minimum Gasteiger partial charge on any atom is -0.308 e. The molecule has 0 aliphatic carbocycles. The Morgan fingerprint density at radius 2 is 1.94 bits per heavy atom. The Hall–Kier alpha value is -0.980. The van der Waals surface area contributed by atoms with Crippen molar-refractivity contribution in [2.24, 2.45) is 5.84 Å². The molecule has 16 heavy (non-hydrogen) atoms. The molecule has 1 aromatic rings. The van der Waals surface area contributed by atoms with Crippen LogP contribution in [0.1, 0.15) is 0 Å². The van der Waals surface area contributed by atoms with Crippen molar-refractivity contribution in [3.8, 4) is 0 Å². The lowest BCUT2D eigenvalue weighted by Crippen LogP contribution is -2.09. The molecule has 6 heteroatoms. The molecule has 0 amide bonds. The van der Waals surface area contributed by atoms with Gasteiger partial charge in [0.15, 0.2) is 5.16 Å². The van der Waals surface area contributed by atoms with Gasteiger partial charge >= 0.3 is 0 Å². The molecule has 0 radical (unpaired) electrons. The van der Waals surface area contributed by atoms with E-state index in [9.17, 15) is 0 Å². The predicted octanol–water partition coefficient (Wildman–Crippen LogP) is 2.32. The second kappa shape index (κ2) is 7.32. The largest absolute Gasteiger partial charge is 0.308 e. The van der Waals surface area contributed by atoms with Crippen molar-refractivity contribution in [2.45, 2.75) is 10.2 Å². The summed E-state index contributed by atoms with van der Waals surface area (Å²) in [5.41, 5.74) is 2.53. The molecular weight excluding hydrogens is 240 g/mol. The Morgan fingerprint density at radius 1 is 1.25 bits per heavy atom. The van der Waals surface area contributed by atoms with E-state index in [1.807, 2.05) is 18.2 Å². The fourth-order valence-corrected chi connectivity index (χ4v) is 2.18. The number of nitrogen functional groups attached to an aromatic ring is 1. The Balaban J connectivity index is 2.81. The topological polar surface area (TPSA) is 63.8 Å². The van der Waals surface area contributed by atoms with Gasteiger partial charge in [0.2, 0.25) is 0 Å². The fraction of sp³-hybridized carbons (Fsp3) is 0.200. The number of hydrogen-bond acceptors (Lipinski definition) is 6. The third-order valence-electron chi connectivity index (χ3n) is 1.51. The molecule has 0 fully saturated rings. The van der Waals surface area contributed by atoms with Gasteiger partial charge in [-0.15, -0.1) is 24.9 Å². The van der Waals surface area contributed by atoms with Gasteiger partial charge in [0, 0.05) is 17.6 Å². The molecule has 0 aromatic carbocycles. The smallest absolute Gasteiger partial charge is 0.190 e. The van der Waals surface area contributed by atoms with Crippen molar-refractivity contribution in [3.63, 3.8) is 0 Å². The molecule has 0 aliphatic rings. The molecule has 4 nitrogen and oxygen atoms in total. The van der Waals surface area contributed by atoms with Gasteiger partial charge in [0.1, 0.15) is 10.8 Å². The molecule has 1 heterocycles. The zero-order chi connectivity index (χ0) is 11.8. The van der Waals surface area contributed by atoms with Crippen molar-refractivity contribution in [3.05, 3.63) is 31.4 Å².